The van der Waals surface area contributed by atoms with Gasteiger partial charge >= 0.3 is 0 Å². The summed E-state index contributed by atoms with van der Waals surface area (Å²) in [5.74, 6) is 0.685. The number of nitrogens with zero attached hydrogens (tertiary/aromatic N) is 2. The van der Waals surface area contributed by atoms with Crippen LogP contribution in [0.15, 0.2) is 40.4 Å². The summed E-state index contributed by atoms with van der Waals surface area (Å²) in [5.41, 5.74) is 8.97. The Morgan fingerprint density at radius 3 is 3.06 bits per heavy atom. The molecule has 0 spiro atoms. The van der Waals surface area contributed by atoms with Crippen LogP contribution in [-0.2, 0) is 0 Å². The largest absolute Gasteiger partial charge is 0.368 e. The first-order chi connectivity index (χ1) is 8.25. The van der Waals surface area contributed by atoms with Crippen LogP contribution in [0.3, 0.4) is 0 Å². The van der Waals surface area contributed by atoms with Crippen molar-refractivity contribution in [2.45, 2.75) is 6.92 Å². The van der Waals surface area contributed by atoms with E-state index in [0.717, 1.165) is 16.8 Å². The van der Waals surface area contributed by atoms with Gasteiger partial charge in [0.25, 0.3) is 0 Å². The molecule has 86 valence electrons. The third-order valence-electron chi connectivity index (χ3n) is 3.09. The maximum Gasteiger partial charge on any atom is 0.215 e. The number of aromatic amines is 1. The Morgan fingerprint density at radius 2 is 2.18 bits per heavy atom. The summed E-state index contributed by atoms with van der Waals surface area (Å²) in [7, 11) is 0. The van der Waals surface area contributed by atoms with E-state index in [2.05, 4.69) is 34.0 Å². The molecule has 4 nitrogen and oxygen atoms in total. The Hall–Kier alpha value is -2.10. The molecule has 3 N–H and O–H groups in total. The van der Waals surface area contributed by atoms with Crippen LogP contribution in [0.1, 0.15) is 12.5 Å². The molecule has 2 heterocycles. The number of nitrogens with two attached hydrogens (primary N) is 1. The Kier molecular flexibility index (Phi) is 2.21. The second kappa shape index (κ2) is 3.73. The molecule has 0 radical (unpaired) electrons. The minimum absolute atomic E-state index is 0.307. The zero-order valence-electron chi connectivity index (χ0n) is 9.64. The van der Waals surface area contributed by atoms with E-state index in [-0.39, 0.29) is 0 Å². The number of aromatic nitrogens is 1. The van der Waals surface area contributed by atoms with Crippen molar-refractivity contribution >= 4 is 22.6 Å². The first-order valence-electron chi connectivity index (χ1n) is 5.70. The molecule has 0 amide bonds. The zero-order chi connectivity index (χ0) is 11.8. The van der Waals surface area contributed by atoms with E-state index in [1.54, 1.807) is 0 Å². The van der Waals surface area contributed by atoms with Crippen LogP contribution >= 0.6 is 0 Å². The Balaban J connectivity index is 2.18. The highest BCUT2D eigenvalue weighted by atomic mass is 15.1. The van der Waals surface area contributed by atoms with Crippen LogP contribution in [-0.4, -0.2) is 23.2 Å². The fourth-order valence-electron chi connectivity index (χ4n) is 2.20. The number of fused-ring (bicyclic) bond motifs is 1. The Bertz CT molecular complexity index is 621. The topological polar surface area (TPSA) is 66.5 Å². The molecule has 0 aliphatic carbocycles. The monoisotopic (exact) mass is 226 g/mol. The van der Waals surface area contributed by atoms with Gasteiger partial charge in [0, 0.05) is 28.6 Å². The van der Waals surface area contributed by atoms with Crippen molar-refractivity contribution in [3.8, 4) is 0 Å². The van der Waals surface area contributed by atoms with Gasteiger partial charge in [-0.25, -0.2) is 4.99 Å². The summed E-state index contributed by atoms with van der Waals surface area (Å²) in [6.45, 7) is 2.83. The third-order valence-corrected chi connectivity index (χ3v) is 3.09. The van der Waals surface area contributed by atoms with Gasteiger partial charge in [-0.1, -0.05) is 25.1 Å². The van der Waals surface area contributed by atoms with E-state index in [0.29, 0.717) is 18.4 Å². The van der Waals surface area contributed by atoms with Crippen LogP contribution in [0.5, 0.6) is 0 Å². The fourth-order valence-corrected chi connectivity index (χ4v) is 2.20. The number of hydrogen-bond acceptors (Lipinski definition) is 3. The number of H-pyrrole nitrogens is 1. The number of para-hydroxylation sites is 1. The van der Waals surface area contributed by atoms with Crippen molar-refractivity contribution in [1.29, 1.82) is 0 Å². The molecule has 1 aliphatic heterocycles. The normalized spacial score (nSPS) is 20.2. The lowest BCUT2D eigenvalue weighted by Gasteiger charge is -2.16. The molecule has 0 saturated heterocycles. The van der Waals surface area contributed by atoms with Gasteiger partial charge in [0.1, 0.15) is 0 Å². The Morgan fingerprint density at radius 1 is 1.35 bits per heavy atom. The summed E-state index contributed by atoms with van der Waals surface area (Å²) in [6.07, 6.45) is 2.00. The van der Waals surface area contributed by atoms with E-state index >= 15 is 0 Å². The molecule has 4 heteroatoms. The van der Waals surface area contributed by atoms with Crippen LogP contribution in [0.25, 0.3) is 10.9 Å². The van der Waals surface area contributed by atoms with Crippen molar-refractivity contribution in [3.63, 3.8) is 0 Å². The summed E-state index contributed by atoms with van der Waals surface area (Å²) in [5, 5.41) is 1.19. The second-order valence-corrected chi connectivity index (χ2v) is 4.34. The number of benzene rings is 1. The quantitative estimate of drug-likeness (QED) is 0.766. The van der Waals surface area contributed by atoms with E-state index in [1.165, 1.54) is 5.39 Å². The lowest BCUT2D eigenvalue weighted by atomic mass is 9.97. The predicted octanol–water partition coefficient (Wildman–Crippen LogP) is 1.92. The minimum Gasteiger partial charge on any atom is -0.368 e. The minimum atomic E-state index is 0.307. The van der Waals surface area contributed by atoms with Gasteiger partial charge < -0.3 is 10.7 Å². The average Bonchev–Trinajstić information content (AvgIpc) is 2.76. The van der Waals surface area contributed by atoms with Crippen molar-refractivity contribution in [2.24, 2.45) is 21.6 Å². The van der Waals surface area contributed by atoms with Crippen molar-refractivity contribution < 1.29 is 0 Å². The number of hydrogen-bond donors (Lipinski definition) is 2. The highest BCUT2D eigenvalue weighted by Gasteiger charge is 2.19. The van der Waals surface area contributed by atoms with E-state index in [4.69, 9.17) is 5.73 Å². The summed E-state index contributed by atoms with van der Waals surface area (Å²) < 4.78 is 0. The van der Waals surface area contributed by atoms with Gasteiger partial charge in [-0.15, -0.1) is 0 Å². The molecule has 0 saturated carbocycles. The number of aliphatic imine (C=N–C) groups is 2. The number of rotatable bonds is 1. The molecular weight excluding hydrogens is 212 g/mol. The van der Waals surface area contributed by atoms with Crippen LogP contribution in [0.4, 0.5) is 0 Å². The van der Waals surface area contributed by atoms with Gasteiger partial charge in [0.2, 0.25) is 5.96 Å². The third kappa shape index (κ3) is 1.62. The number of guanidine groups is 1. The molecule has 0 bridgehead atoms. The van der Waals surface area contributed by atoms with Crippen molar-refractivity contribution in [1.82, 2.24) is 4.98 Å². The highest BCUT2D eigenvalue weighted by Crippen LogP contribution is 2.22. The van der Waals surface area contributed by atoms with Gasteiger partial charge in [0.05, 0.1) is 12.3 Å². The van der Waals surface area contributed by atoms with Crippen molar-refractivity contribution in [3.05, 3.63) is 36.0 Å². The molecule has 1 unspecified atom stereocenters. The van der Waals surface area contributed by atoms with Crippen LogP contribution < -0.4 is 5.73 Å². The lowest BCUT2D eigenvalue weighted by molar-refractivity contribution is 0.771. The Labute approximate surface area is 99.3 Å². The standard InChI is InChI=1S/C13H14N4/c1-8-6-16-13(14)17-12(8)10-7-15-11-5-3-2-4-9(10)11/h2-5,7-8,15H,6H2,1H3,(H2,14,16). The summed E-state index contributed by atoms with van der Waals surface area (Å²) in [6, 6.07) is 8.21. The first-order valence-corrected chi connectivity index (χ1v) is 5.70. The molecule has 0 fully saturated rings. The molecule has 1 aromatic heterocycles. The lowest BCUT2D eigenvalue weighted by Crippen LogP contribution is -2.26. The average molecular weight is 226 g/mol. The molecule has 3 rings (SSSR count). The molecule has 1 atom stereocenters. The van der Waals surface area contributed by atoms with Gasteiger partial charge in [-0.05, 0) is 6.07 Å². The molecule has 2 aromatic rings. The van der Waals surface area contributed by atoms with Gasteiger partial charge in [-0.2, -0.15) is 0 Å². The second-order valence-electron chi connectivity index (χ2n) is 4.34. The van der Waals surface area contributed by atoms with Crippen LogP contribution in [0.2, 0.25) is 0 Å². The van der Waals surface area contributed by atoms with Crippen LogP contribution in [0, 0.1) is 5.92 Å². The van der Waals surface area contributed by atoms with E-state index in [1.807, 2.05) is 18.3 Å². The molecule has 1 aliphatic rings. The predicted molar refractivity (Wildman–Crippen MR) is 70.5 cm³/mol. The first kappa shape index (κ1) is 10.1. The summed E-state index contributed by atoms with van der Waals surface area (Å²) >= 11 is 0. The van der Waals surface area contributed by atoms with Gasteiger partial charge in [-0.3, -0.25) is 4.99 Å². The molecule has 17 heavy (non-hydrogen) atoms. The molecule has 1 aromatic carbocycles. The van der Waals surface area contributed by atoms with Crippen molar-refractivity contribution in [2.75, 3.05) is 6.54 Å². The maximum atomic E-state index is 5.69. The zero-order valence-corrected chi connectivity index (χ0v) is 9.64. The van der Waals surface area contributed by atoms with E-state index < -0.39 is 0 Å². The fraction of sp³-hybridized carbons (Fsp3) is 0.231. The van der Waals surface area contributed by atoms with Gasteiger partial charge in [0.15, 0.2) is 0 Å². The maximum absolute atomic E-state index is 5.69. The summed E-state index contributed by atoms with van der Waals surface area (Å²) in [4.78, 5) is 11.8. The van der Waals surface area contributed by atoms with E-state index in [9.17, 15) is 0 Å². The highest BCUT2D eigenvalue weighted by molar-refractivity contribution is 6.15. The SMILES string of the molecule is CC1CN=C(N)N=C1c1c[nH]c2ccccc12. The number of nitrogens with one attached hydrogen (secondary N) is 1. The smallest absolute Gasteiger partial charge is 0.215 e. The molecular formula is C13H14N4.